The zero-order valence-corrected chi connectivity index (χ0v) is 18.4. The average molecular weight is 480 g/mol. The molecule has 1 heterocycles. The standard InChI is InChI=1S/C21H28N4O.HI/c1-3-16-6-4-7-18(12-16)24-21(22)23-14-17-10-11-25(15-17)19-8-5-9-20(13-19)26-2;/h4-9,12-13,17H,3,10-11,14-15H2,1-2H3,(H3,22,23,24);1H. The number of halogens is 1. The molecule has 2 aromatic rings. The lowest BCUT2D eigenvalue weighted by Gasteiger charge is -2.19. The van der Waals surface area contributed by atoms with Crippen LogP contribution in [0.2, 0.25) is 0 Å². The molecular weight excluding hydrogens is 451 g/mol. The minimum Gasteiger partial charge on any atom is -0.497 e. The molecule has 0 saturated carbocycles. The van der Waals surface area contributed by atoms with Crippen LogP contribution in [0, 0.1) is 5.92 Å². The molecule has 27 heavy (non-hydrogen) atoms. The van der Waals surface area contributed by atoms with E-state index in [4.69, 9.17) is 10.5 Å². The molecule has 0 radical (unpaired) electrons. The van der Waals surface area contributed by atoms with Gasteiger partial charge in [0.05, 0.1) is 7.11 Å². The van der Waals surface area contributed by atoms with E-state index in [1.54, 1.807) is 7.11 Å². The second-order valence-corrected chi connectivity index (χ2v) is 6.71. The molecule has 3 N–H and O–H groups in total. The third kappa shape index (κ3) is 6.02. The van der Waals surface area contributed by atoms with Crippen LogP contribution in [0.5, 0.6) is 5.75 Å². The quantitative estimate of drug-likeness (QED) is 0.371. The largest absolute Gasteiger partial charge is 0.497 e. The number of hydrogen-bond donors (Lipinski definition) is 2. The first-order valence-electron chi connectivity index (χ1n) is 9.23. The van der Waals surface area contributed by atoms with Crippen molar-refractivity contribution in [1.82, 2.24) is 0 Å². The summed E-state index contributed by atoms with van der Waals surface area (Å²) in [6.07, 6.45) is 2.13. The SMILES string of the molecule is CCc1cccc(NC(N)=NCC2CCN(c3cccc(OC)c3)C2)c1.I. The van der Waals surface area contributed by atoms with Crippen molar-refractivity contribution in [2.75, 3.05) is 37.0 Å². The van der Waals surface area contributed by atoms with Crippen molar-refractivity contribution in [3.8, 4) is 5.75 Å². The lowest BCUT2D eigenvalue weighted by atomic mass is 10.1. The van der Waals surface area contributed by atoms with Crippen molar-refractivity contribution in [3.63, 3.8) is 0 Å². The lowest BCUT2D eigenvalue weighted by Crippen LogP contribution is -2.25. The van der Waals surface area contributed by atoms with Crippen LogP contribution in [0.3, 0.4) is 0 Å². The maximum Gasteiger partial charge on any atom is 0.193 e. The van der Waals surface area contributed by atoms with Gasteiger partial charge in [-0.15, -0.1) is 24.0 Å². The minimum absolute atomic E-state index is 0. The van der Waals surface area contributed by atoms with Gasteiger partial charge in [0.1, 0.15) is 5.75 Å². The fourth-order valence-electron chi connectivity index (χ4n) is 3.31. The molecule has 0 bridgehead atoms. The summed E-state index contributed by atoms with van der Waals surface area (Å²) >= 11 is 0. The molecule has 2 aromatic carbocycles. The Balaban J connectivity index is 0.00000261. The van der Waals surface area contributed by atoms with E-state index < -0.39 is 0 Å². The Morgan fingerprint density at radius 3 is 2.85 bits per heavy atom. The number of nitrogens with zero attached hydrogens (tertiary/aromatic N) is 2. The number of nitrogens with two attached hydrogens (primary N) is 1. The predicted octanol–water partition coefficient (Wildman–Crippen LogP) is 4.13. The first kappa shape index (κ1) is 21.3. The third-order valence-corrected chi connectivity index (χ3v) is 4.83. The van der Waals surface area contributed by atoms with Gasteiger partial charge in [-0.3, -0.25) is 4.99 Å². The van der Waals surface area contributed by atoms with Gasteiger partial charge in [-0.05, 0) is 48.6 Å². The van der Waals surface area contributed by atoms with E-state index in [9.17, 15) is 0 Å². The summed E-state index contributed by atoms with van der Waals surface area (Å²) in [5.41, 5.74) is 9.55. The van der Waals surface area contributed by atoms with Crippen LogP contribution in [0.25, 0.3) is 0 Å². The highest BCUT2D eigenvalue weighted by molar-refractivity contribution is 14.0. The molecule has 1 unspecified atom stereocenters. The van der Waals surface area contributed by atoms with Gasteiger partial charge in [0.2, 0.25) is 0 Å². The lowest BCUT2D eigenvalue weighted by molar-refractivity contribution is 0.415. The van der Waals surface area contributed by atoms with Crippen LogP contribution in [0.1, 0.15) is 18.9 Å². The van der Waals surface area contributed by atoms with Gasteiger partial charge in [0.15, 0.2) is 5.96 Å². The maximum atomic E-state index is 6.07. The monoisotopic (exact) mass is 480 g/mol. The first-order valence-corrected chi connectivity index (χ1v) is 9.23. The van der Waals surface area contributed by atoms with Crippen molar-refractivity contribution >= 4 is 41.3 Å². The van der Waals surface area contributed by atoms with E-state index in [1.807, 2.05) is 24.3 Å². The molecule has 3 rings (SSSR count). The van der Waals surface area contributed by atoms with Crippen LogP contribution in [0.4, 0.5) is 11.4 Å². The van der Waals surface area contributed by atoms with Crippen LogP contribution >= 0.6 is 24.0 Å². The van der Waals surface area contributed by atoms with E-state index in [0.29, 0.717) is 11.9 Å². The van der Waals surface area contributed by atoms with Crippen molar-refractivity contribution in [1.29, 1.82) is 0 Å². The van der Waals surface area contributed by atoms with Gasteiger partial charge in [-0.25, -0.2) is 0 Å². The molecule has 1 aliphatic rings. The topological polar surface area (TPSA) is 62.9 Å². The van der Waals surface area contributed by atoms with Gasteiger partial charge < -0.3 is 20.7 Å². The second kappa shape index (κ2) is 10.4. The molecule has 6 heteroatoms. The number of methoxy groups -OCH3 is 1. The normalized spacial score (nSPS) is 16.7. The number of rotatable bonds is 6. The van der Waals surface area contributed by atoms with Crippen molar-refractivity contribution in [2.45, 2.75) is 19.8 Å². The van der Waals surface area contributed by atoms with E-state index in [0.717, 1.165) is 43.9 Å². The Morgan fingerprint density at radius 1 is 1.26 bits per heavy atom. The summed E-state index contributed by atoms with van der Waals surface area (Å²) in [6.45, 7) is 4.92. The highest BCUT2D eigenvalue weighted by Crippen LogP contribution is 2.27. The number of nitrogens with one attached hydrogen (secondary N) is 1. The summed E-state index contributed by atoms with van der Waals surface area (Å²) in [5, 5.41) is 3.20. The molecule has 0 spiro atoms. The summed E-state index contributed by atoms with van der Waals surface area (Å²) in [7, 11) is 1.70. The molecule has 1 fully saturated rings. The summed E-state index contributed by atoms with van der Waals surface area (Å²) in [5.74, 6) is 1.90. The van der Waals surface area contributed by atoms with E-state index >= 15 is 0 Å². The van der Waals surface area contributed by atoms with Crippen LogP contribution < -0.4 is 20.7 Å². The number of guanidine groups is 1. The molecular formula is C21H29IN4O. The van der Waals surface area contributed by atoms with Gasteiger partial charge in [0.25, 0.3) is 0 Å². The molecule has 146 valence electrons. The Morgan fingerprint density at radius 2 is 2.07 bits per heavy atom. The molecule has 5 nitrogen and oxygen atoms in total. The average Bonchev–Trinajstić information content (AvgIpc) is 3.16. The molecule has 0 aliphatic carbocycles. The molecule has 0 aromatic heterocycles. The Hall–Kier alpha value is -1.96. The minimum atomic E-state index is 0. The van der Waals surface area contributed by atoms with E-state index in [1.165, 1.54) is 11.3 Å². The fourth-order valence-corrected chi connectivity index (χ4v) is 3.31. The number of aryl methyl sites for hydroxylation is 1. The van der Waals surface area contributed by atoms with Gasteiger partial charge in [-0.2, -0.15) is 0 Å². The Labute approximate surface area is 179 Å². The fraction of sp³-hybridized carbons (Fsp3) is 0.381. The highest BCUT2D eigenvalue weighted by Gasteiger charge is 2.22. The summed E-state index contributed by atoms with van der Waals surface area (Å²) in [6, 6.07) is 16.5. The molecule has 1 saturated heterocycles. The number of hydrogen-bond acceptors (Lipinski definition) is 3. The summed E-state index contributed by atoms with van der Waals surface area (Å²) in [4.78, 5) is 6.94. The Kier molecular flexibility index (Phi) is 8.22. The maximum absolute atomic E-state index is 6.07. The molecule has 0 amide bonds. The van der Waals surface area contributed by atoms with E-state index in [-0.39, 0.29) is 24.0 Å². The van der Waals surface area contributed by atoms with Crippen LogP contribution in [0.15, 0.2) is 53.5 Å². The number of ether oxygens (including phenoxy) is 1. The second-order valence-electron chi connectivity index (χ2n) is 6.71. The smallest absolute Gasteiger partial charge is 0.193 e. The third-order valence-electron chi connectivity index (χ3n) is 4.83. The first-order chi connectivity index (χ1) is 12.7. The zero-order chi connectivity index (χ0) is 18.4. The van der Waals surface area contributed by atoms with Crippen molar-refractivity contribution in [3.05, 3.63) is 54.1 Å². The van der Waals surface area contributed by atoms with Gasteiger partial charge in [0, 0.05) is 37.1 Å². The highest BCUT2D eigenvalue weighted by atomic mass is 127. The number of anilines is 2. The summed E-state index contributed by atoms with van der Waals surface area (Å²) < 4.78 is 5.32. The Bertz CT molecular complexity index is 765. The number of aliphatic imine (C=N–C) groups is 1. The molecule has 1 aliphatic heterocycles. The van der Waals surface area contributed by atoms with Crippen LogP contribution in [-0.2, 0) is 6.42 Å². The zero-order valence-electron chi connectivity index (χ0n) is 16.0. The number of benzene rings is 2. The van der Waals surface area contributed by atoms with Crippen LogP contribution in [-0.4, -0.2) is 32.7 Å². The van der Waals surface area contributed by atoms with Gasteiger partial charge >= 0.3 is 0 Å². The van der Waals surface area contributed by atoms with E-state index in [2.05, 4.69) is 46.4 Å². The van der Waals surface area contributed by atoms with Crippen molar-refractivity contribution < 1.29 is 4.74 Å². The van der Waals surface area contributed by atoms with Gasteiger partial charge in [-0.1, -0.05) is 25.1 Å². The molecule has 1 atom stereocenters. The van der Waals surface area contributed by atoms with Crippen molar-refractivity contribution in [2.24, 2.45) is 16.6 Å². The predicted molar refractivity (Wildman–Crippen MR) is 125 cm³/mol.